The third-order valence-corrected chi connectivity index (χ3v) is 4.79. The molecule has 1 heterocycles. The molecule has 2 aromatic carbocycles. The molecule has 0 spiro atoms. The second kappa shape index (κ2) is 7.15. The summed E-state index contributed by atoms with van der Waals surface area (Å²) < 4.78 is 20.5. The number of hydrogen-bond donors (Lipinski definition) is 1. The van der Waals surface area contributed by atoms with E-state index in [0.29, 0.717) is 16.9 Å². The van der Waals surface area contributed by atoms with Gasteiger partial charge in [0.15, 0.2) is 0 Å². The molecular weight excluding hydrogens is 337 g/mol. The van der Waals surface area contributed by atoms with Crippen molar-refractivity contribution in [2.45, 2.75) is 18.5 Å². The first-order valence-electron chi connectivity index (χ1n) is 8.39. The fourth-order valence-corrected chi connectivity index (χ4v) is 3.22. The number of aromatic carboxylic acids is 1. The van der Waals surface area contributed by atoms with Gasteiger partial charge in [0.1, 0.15) is 11.4 Å². The van der Waals surface area contributed by atoms with Crippen molar-refractivity contribution in [1.29, 1.82) is 0 Å². The Morgan fingerprint density at radius 3 is 2.38 bits per heavy atom. The predicted molar refractivity (Wildman–Crippen MR) is 94.3 cm³/mol. The second-order valence-corrected chi connectivity index (χ2v) is 6.38. The highest BCUT2D eigenvalue weighted by atomic mass is 19.1. The number of nitrogens with zero attached hydrogens (tertiary/aromatic N) is 1. The number of carboxylic acid groups (broad SMARTS) is 1. The Morgan fingerprint density at radius 1 is 1.08 bits per heavy atom. The van der Waals surface area contributed by atoms with E-state index < -0.39 is 11.6 Å². The van der Waals surface area contributed by atoms with Crippen LogP contribution in [0.15, 0.2) is 48.5 Å². The van der Waals surface area contributed by atoms with Crippen LogP contribution < -0.4 is 4.74 Å². The summed E-state index contributed by atoms with van der Waals surface area (Å²) in [4.78, 5) is 25.2. The summed E-state index contributed by atoms with van der Waals surface area (Å²) in [6, 6.07) is 12.8. The second-order valence-electron chi connectivity index (χ2n) is 6.38. The molecule has 136 valence electrons. The fourth-order valence-electron chi connectivity index (χ4n) is 3.22. The number of carbonyl (C=O) groups is 2. The lowest BCUT2D eigenvalue weighted by Crippen LogP contribution is -2.43. The van der Waals surface area contributed by atoms with E-state index in [1.807, 2.05) is 0 Å². The molecule has 1 aliphatic heterocycles. The van der Waals surface area contributed by atoms with Gasteiger partial charge in [-0.1, -0.05) is 18.2 Å². The normalized spacial score (nSPS) is 16.2. The molecule has 0 atom stereocenters. The number of carboxylic acids is 1. The summed E-state index contributed by atoms with van der Waals surface area (Å²) in [7, 11) is 1.54. The van der Waals surface area contributed by atoms with Crippen molar-refractivity contribution in [3.63, 3.8) is 0 Å². The molecule has 1 saturated heterocycles. The predicted octanol–water partition coefficient (Wildman–Crippen LogP) is 3.49. The summed E-state index contributed by atoms with van der Waals surface area (Å²) in [5.41, 5.74) is -0.590. The molecule has 2 aromatic rings. The number of likely N-dealkylation sites (tertiary alicyclic amines) is 1. The van der Waals surface area contributed by atoms with Crippen molar-refractivity contribution in [3.05, 3.63) is 65.2 Å². The van der Waals surface area contributed by atoms with Crippen molar-refractivity contribution in [3.8, 4) is 5.75 Å². The first-order valence-corrected chi connectivity index (χ1v) is 8.39. The number of benzene rings is 2. The number of amides is 1. The average Bonchev–Trinajstić information content (AvgIpc) is 2.68. The van der Waals surface area contributed by atoms with Crippen molar-refractivity contribution in [1.82, 2.24) is 4.90 Å². The molecule has 1 N–H and O–H groups in total. The minimum Gasteiger partial charge on any atom is -0.497 e. The molecule has 0 aliphatic carbocycles. The lowest BCUT2D eigenvalue weighted by atomic mass is 9.86. The molecule has 0 radical (unpaired) electrons. The number of ether oxygens (including phenoxy) is 1. The van der Waals surface area contributed by atoms with Crippen LogP contribution in [0.2, 0.25) is 0 Å². The molecule has 1 aliphatic rings. The van der Waals surface area contributed by atoms with Gasteiger partial charge in [0.2, 0.25) is 0 Å². The minimum absolute atomic E-state index is 0.0593. The number of rotatable bonds is 4. The van der Waals surface area contributed by atoms with Gasteiger partial charge in [0.25, 0.3) is 5.91 Å². The van der Waals surface area contributed by atoms with Gasteiger partial charge in [0.05, 0.1) is 12.7 Å². The summed E-state index contributed by atoms with van der Waals surface area (Å²) >= 11 is 0. The Morgan fingerprint density at radius 2 is 1.73 bits per heavy atom. The molecular formula is C20H20FNO4. The first kappa shape index (κ1) is 17.9. The van der Waals surface area contributed by atoms with E-state index in [-0.39, 0.29) is 37.4 Å². The van der Waals surface area contributed by atoms with Crippen LogP contribution in [0.25, 0.3) is 0 Å². The van der Waals surface area contributed by atoms with E-state index >= 15 is 4.39 Å². The zero-order chi connectivity index (χ0) is 18.7. The number of methoxy groups -OCH3 is 1. The van der Waals surface area contributed by atoms with Crippen LogP contribution in [-0.4, -0.2) is 42.1 Å². The van der Waals surface area contributed by atoms with Crippen LogP contribution in [0.1, 0.15) is 39.1 Å². The quantitative estimate of drug-likeness (QED) is 0.910. The van der Waals surface area contributed by atoms with E-state index in [1.54, 1.807) is 35.2 Å². The third kappa shape index (κ3) is 3.54. The van der Waals surface area contributed by atoms with Crippen molar-refractivity contribution in [2.75, 3.05) is 20.2 Å². The maximum atomic E-state index is 15.4. The number of hydrogen-bond acceptors (Lipinski definition) is 3. The van der Waals surface area contributed by atoms with E-state index in [2.05, 4.69) is 0 Å². The van der Waals surface area contributed by atoms with E-state index in [9.17, 15) is 9.59 Å². The molecule has 0 saturated carbocycles. The van der Waals surface area contributed by atoms with Crippen LogP contribution >= 0.6 is 0 Å². The smallest absolute Gasteiger partial charge is 0.335 e. The highest BCUT2D eigenvalue weighted by molar-refractivity contribution is 5.97. The molecule has 0 unspecified atom stereocenters. The van der Waals surface area contributed by atoms with Crippen LogP contribution in [0.4, 0.5) is 4.39 Å². The Balaban J connectivity index is 1.72. The van der Waals surface area contributed by atoms with Gasteiger partial charge < -0.3 is 14.7 Å². The molecule has 5 nitrogen and oxygen atoms in total. The van der Waals surface area contributed by atoms with Crippen molar-refractivity contribution in [2.24, 2.45) is 0 Å². The average molecular weight is 357 g/mol. The van der Waals surface area contributed by atoms with Gasteiger partial charge in [0, 0.05) is 31.5 Å². The van der Waals surface area contributed by atoms with E-state index in [1.165, 1.54) is 25.3 Å². The van der Waals surface area contributed by atoms with Crippen molar-refractivity contribution >= 4 is 11.9 Å². The Hall–Kier alpha value is -2.89. The number of carbonyl (C=O) groups excluding carboxylic acids is 1. The Labute approximate surface area is 151 Å². The number of halogens is 1. The summed E-state index contributed by atoms with van der Waals surface area (Å²) in [6.45, 7) is 0.535. The lowest BCUT2D eigenvalue weighted by Gasteiger charge is -2.37. The van der Waals surface area contributed by atoms with Crippen LogP contribution in [0, 0.1) is 0 Å². The van der Waals surface area contributed by atoms with Crippen LogP contribution in [0.3, 0.4) is 0 Å². The number of piperidine rings is 1. The molecule has 0 bridgehead atoms. The standard InChI is InChI=1S/C20H20FNO4/c1-26-17-7-3-6-16(13-17)20(21)8-10-22(11-9-20)18(23)14-4-2-5-15(12-14)19(24)25/h2-7,12-13H,8-11H2,1H3,(H,24,25). The largest absolute Gasteiger partial charge is 0.497 e. The van der Waals surface area contributed by atoms with Gasteiger partial charge in [-0.2, -0.15) is 0 Å². The lowest BCUT2D eigenvalue weighted by molar-refractivity contribution is 0.0420. The van der Waals surface area contributed by atoms with Gasteiger partial charge in [-0.15, -0.1) is 0 Å². The van der Waals surface area contributed by atoms with E-state index in [0.717, 1.165) is 0 Å². The third-order valence-electron chi connectivity index (χ3n) is 4.79. The highest BCUT2D eigenvalue weighted by Gasteiger charge is 2.38. The van der Waals surface area contributed by atoms with Crippen LogP contribution in [-0.2, 0) is 5.67 Å². The van der Waals surface area contributed by atoms with Gasteiger partial charge in [-0.05, 0) is 35.9 Å². The molecule has 1 amide bonds. The Bertz CT molecular complexity index is 828. The molecule has 0 aromatic heterocycles. The van der Waals surface area contributed by atoms with Gasteiger partial charge >= 0.3 is 5.97 Å². The molecule has 26 heavy (non-hydrogen) atoms. The van der Waals surface area contributed by atoms with E-state index in [4.69, 9.17) is 9.84 Å². The van der Waals surface area contributed by atoms with Crippen molar-refractivity contribution < 1.29 is 23.8 Å². The first-order chi connectivity index (χ1) is 12.4. The maximum Gasteiger partial charge on any atom is 0.335 e. The topological polar surface area (TPSA) is 66.8 Å². The molecule has 6 heteroatoms. The fraction of sp³-hybridized carbons (Fsp3) is 0.300. The summed E-state index contributed by atoms with van der Waals surface area (Å²) in [5.74, 6) is -0.761. The minimum atomic E-state index is -1.51. The SMILES string of the molecule is COc1cccc(C2(F)CCN(C(=O)c3cccc(C(=O)O)c3)CC2)c1. The van der Waals surface area contributed by atoms with Gasteiger partial charge in [-0.25, -0.2) is 9.18 Å². The summed E-state index contributed by atoms with van der Waals surface area (Å²) in [5, 5.41) is 9.05. The van der Waals surface area contributed by atoms with Gasteiger partial charge in [-0.3, -0.25) is 4.79 Å². The summed E-state index contributed by atoms with van der Waals surface area (Å²) in [6.07, 6.45) is 0.370. The Kier molecular flexibility index (Phi) is 4.93. The molecule has 3 rings (SSSR count). The monoisotopic (exact) mass is 357 g/mol. The highest BCUT2D eigenvalue weighted by Crippen LogP contribution is 2.38. The van der Waals surface area contributed by atoms with Crippen LogP contribution in [0.5, 0.6) is 5.75 Å². The maximum absolute atomic E-state index is 15.4. The molecule has 1 fully saturated rings. The number of alkyl halides is 1. The zero-order valence-electron chi connectivity index (χ0n) is 14.4. The zero-order valence-corrected chi connectivity index (χ0v) is 14.4.